The Morgan fingerprint density at radius 3 is 2.33 bits per heavy atom. The summed E-state index contributed by atoms with van der Waals surface area (Å²) in [4.78, 5) is 19.4. The predicted molar refractivity (Wildman–Crippen MR) is 98.8 cm³/mol. The van der Waals surface area contributed by atoms with E-state index < -0.39 is 29.1 Å². The number of nitrogens with zero attached hydrogens (tertiary/aromatic N) is 2. The Morgan fingerprint density at radius 2 is 1.85 bits per heavy atom. The maximum Gasteiger partial charge on any atom is 0.434 e. The number of ether oxygens (including phenoxy) is 1. The van der Waals surface area contributed by atoms with Crippen molar-refractivity contribution in [3.8, 4) is 0 Å². The molecule has 0 bridgehead atoms. The van der Waals surface area contributed by atoms with E-state index in [1.165, 1.54) is 7.05 Å². The molecule has 11 heteroatoms. The molecule has 154 valence electrons. The Bertz CT molecular complexity index is 666. The molecule has 1 amide bonds. The molecular weight excluding hydrogens is 383 g/mol. The lowest BCUT2D eigenvalue weighted by molar-refractivity contribution is -0.140. The number of aliphatic imine (C=N–C) groups is 1. The van der Waals surface area contributed by atoms with Gasteiger partial charge in [0.25, 0.3) is 0 Å². The van der Waals surface area contributed by atoms with Crippen molar-refractivity contribution in [2.24, 2.45) is 4.99 Å². The minimum atomic E-state index is -4.45. The van der Waals surface area contributed by atoms with Gasteiger partial charge in [-0.2, -0.15) is 13.2 Å². The molecule has 27 heavy (non-hydrogen) atoms. The zero-order valence-corrected chi connectivity index (χ0v) is 17.1. The Morgan fingerprint density at radius 1 is 1.22 bits per heavy atom. The van der Waals surface area contributed by atoms with Crippen molar-refractivity contribution >= 4 is 23.4 Å². The number of carbonyl (C=O) groups excluding carboxylic acids is 1. The van der Waals surface area contributed by atoms with Crippen molar-refractivity contribution in [2.75, 3.05) is 13.6 Å². The van der Waals surface area contributed by atoms with E-state index >= 15 is 0 Å². The van der Waals surface area contributed by atoms with Gasteiger partial charge in [-0.3, -0.25) is 4.99 Å². The summed E-state index contributed by atoms with van der Waals surface area (Å²) in [7, 11) is 1.53. The SMILES string of the molecule is CN=C(NCc1nc(C(F)(F)F)cs1)NCC(C)(C)NC(=O)OC(C)(C)C. The van der Waals surface area contributed by atoms with Crippen LogP contribution in [-0.2, 0) is 17.5 Å². The molecule has 0 aromatic carbocycles. The molecule has 1 aromatic rings. The van der Waals surface area contributed by atoms with E-state index in [-0.39, 0.29) is 11.6 Å². The largest absolute Gasteiger partial charge is 0.444 e. The summed E-state index contributed by atoms with van der Waals surface area (Å²) >= 11 is 0.916. The third-order valence-electron chi connectivity index (χ3n) is 3.01. The Kier molecular flexibility index (Phi) is 7.47. The number of rotatable bonds is 5. The zero-order chi connectivity index (χ0) is 20.9. The van der Waals surface area contributed by atoms with Crippen molar-refractivity contribution in [3.05, 3.63) is 16.1 Å². The van der Waals surface area contributed by atoms with E-state index in [2.05, 4.69) is 25.9 Å². The number of hydrogen-bond acceptors (Lipinski definition) is 5. The number of halogens is 3. The van der Waals surface area contributed by atoms with Crippen molar-refractivity contribution in [1.29, 1.82) is 0 Å². The Balaban J connectivity index is 2.51. The van der Waals surface area contributed by atoms with Crippen LogP contribution in [0.1, 0.15) is 45.3 Å². The third kappa shape index (κ3) is 8.94. The normalized spacial score (nSPS) is 13.3. The fraction of sp³-hybridized carbons (Fsp3) is 0.688. The van der Waals surface area contributed by atoms with E-state index in [0.29, 0.717) is 12.5 Å². The first kappa shape index (κ1) is 23.0. The van der Waals surface area contributed by atoms with Crippen LogP contribution in [-0.4, -0.2) is 41.8 Å². The average molecular weight is 409 g/mol. The molecule has 1 heterocycles. The van der Waals surface area contributed by atoms with Gasteiger partial charge in [-0.05, 0) is 34.6 Å². The van der Waals surface area contributed by atoms with Crippen LogP contribution in [0.5, 0.6) is 0 Å². The molecule has 0 saturated carbocycles. The fourth-order valence-electron chi connectivity index (χ4n) is 1.83. The van der Waals surface area contributed by atoms with E-state index in [1.807, 2.05) is 0 Å². The molecule has 0 aliphatic heterocycles. The summed E-state index contributed by atoms with van der Waals surface area (Å²) in [5, 5.41) is 9.90. The first-order valence-electron chi connectivity index (χ1n) is 8.19. The lowest BCUT2D eigenvalue weighted by Crippen LogP contribution is -2.54. The van der Waals surface area contributed by atoms with Crippen LogP contribution < -0.4 is 16.0 Å². The number of carbonyl (C=O) groups is 1. The van der Waals surface area contributed by atoms with E-state index in [0.717, 1.165) is 16.7 Å². The van der Waals surface area contributed by atoms with Gasteiger partial charge >= 0.3 is 12.3 Å². The van der Waals surface area contributed by atoms with E-state index in [1.54, 1.807) is 34.6 Å². The van der Waals surface area contributed by atoms with Crippen molar-refractivity contribution in [2.45, 2.75) is 58.5 Å². The van der Waals surface area contributed by atoms with Crippen LogP contribution in [0, 0.1) is 0 Å². The molecule has 3 N–H and O–H groups in total. The molecule has 0 saturated heterocycles. The van der Waals surface area contributed by atoms with Gasteiger partial charge in [0.1, 0.15) is 10.6 Å². The molecule has 1 aromatic heterocycles. The van der Waals surface area contributed by atoms with Crippen LogP contribution in [0.15, 0.2) is 10.4 Å². The van der Waals surface area contributed by atoms with Crippen LogP contribution in [0.3, 0.4) is 0 Å². The van der Waals surface area contributed by atoms with Gasteiger partial charge < -0.3 is 20.7 Å². The summed E-state index contributed by atoms with van der Waals surface area (Å²) in [6.07, 6.45) is -4.99. The fourth-order valence-corrected chi connectivity index (χ4v) is 2.57. The topological polar surface area (TPSA) is 87.6 Å². The van der Waals surface area contributed by atoms with Crippen LogP contribution in [0.25, 0.3) is 0 Å². The molecule has 0 unspecified atom stereocenters. The van der Waals surface area contributed by atoms with Gasteiger partial charge in [0.15, 0.2) is 11.7 Å². The maximum atomic E-state index is 12.6. The maximum absolute atomic E-state index is 12.6. The molecule has 7 nitrogen and oxygen atoms in total. The number of nitrogens with one attached hydrogen (secondary N) is 3. The van der Waals surface area contributed by atoms with Gasteiger partial charge in [-0.1, -0.05) is 0 Å². The van der Waals surface area contributed by atoms with E-state index in [4.69, 9.17) is 4.74 Å². The van der Waals surface area contributed by atoms with Crippen molar-refractivity contribution in [3.63, 3.8) is 0 Å². The second kappa shape index (κ2) is 8.77. The molecule has 0 spiro atoms. The van der Waals surface area contributed by atoms with Crippen LogP contribution in [0.2, 0.25) is 0 Å². The summed E-state index contributed by atoms with van der Waals surface area (Å²) in [6, 6.07) is 0. The lowest BCUT2D eigenvalue weighted by Gasteiger charge is -2.29. The van der Waals surface area contributed by atoms with Gasteiger partial charge in [-0.15, -0.1) is 11.3 Å². The number of aromatic nitrogens is 1. The number of alkyl halides is 3. The lowest BCUT2D eigenvalue weighted by atomic mass is 10.1. The third-order valence-corrected chi connectivity index (χ3v) is 3.86. The Hall–Kier alpha value is -2.04. The highest BCUT2D eigenvalue weighted by Crippen LogP contribution is 2.29. The number of hydrogen-bond donors (Lipinski definition) is 3. The molecule has 0 atom stereocenters. The Labute approximate surface area is 160 Å². The van der Waals surface area contributed by atoms with E-state index in [9.17, 15) is 18.0 Å². The van der Waals surface area contributed by atoms with Crippen LogP contribution in [0.4, 0.5) is 18.0 Å². The molecule has 0 aliphatic rings. The molecule has 1 rings (SSSR count). The first-order valence-corrected chi connectivity index (χ1v) is 9.07. The number of guanidine groups is 1. The van der Waals surface area contributed by atoms with Gasteiger partial charge in [0, 0.05) is 19.0 Å². The number of alkyl carbamates (subject to hydrolysis) is 1. The summed E-state index contributed by atoms with van der Waals surface area (Å²) in [6.45, 7) is 9.32. The second-order valence-corrected chi connectivity index (χ2v) is 8.36. The predicted octanol–water partition coefficient (Wildman–Crippen LogP) is 3.13. The smallest absolute Gasteiger partial charge is 0.434 e. The summed E-state index contributed by atoms with van der Waals surface area (Å²) < 4.78 is 42.9. The zero-order valence-electron chi connectivity index (χ0n) is 16.2. The number of thiazole rings is 1. The minimum Gasteiger partial charge on any atom is -0.444 e. The molecule has 0 aliphatic carbocycles. The molecular formula is C16H26F3N5O2S. The standard InChI is InChI=1S/C16H26F3N5O2S/c1-14(2,3)26-13(25)24-15(4,5)9-22-12(20-6)21-7-11-23-10(8-27-11)16(17,18)19/h8H,7,9H2,1-6H3,(H,24,25)(H2,20,21,22). The highest BCUT2D eigenvalue weighted by molar-refractivity contribution is 7.09. The first-order chi connectivity index (χ1) is 12.2. The number of amides is 1. The summed E-state index contributed by atoms with van der Waals surface area (Å²) in [5.41, 5.74) is -2.16. The van der Waals surface area contributed by atoms with Crippen LogP contribution >= 0.6 is 11.3 Å². The molecule has 0 radical (unpaired) electrons. The van der Waals surface area contributed by atoms with Crippen molar-refractivity contribution in [1.82, 2.24) is 20.9 Å². The highest BCUT2D eigenvalue weighted by atomic mass is 32.1. The average Bonchev–Trinajstić information content (AvgIpc) is 2.93. The second-order valence-electron chi connectivity index (χ2n) is 7.41. The quantitative estimate of drug-likeness (QED) is 0.514. The van der Waals surface area contributed by atoms with Gasteiger partial charge in [0.2, 0.25) is 0 Å². The highest BCUT2D eigenvalue weighted by Gasteiger charge is 2.33. The monoisotopic (exact) mass is 409 g/mol. The van der Waals surface area contributed by atoms with Crippen molar-refractivity contribution < 1.29 is 22.7 Å². The minimum absolute atomic E-state index is 0.0976. The van der Waals surface area contributed by atoms with Gasteiger partial charge in [0.05, 0.1) is 12.1 Å². The van der Waals surface area contributed by atoms with Gasteiger partial charge in [-0.25, -0.2) is 9.78 Å². The molecule has 0 fully saturated rings. The summed E-state index contributed by atoms with van der Waals surface area (Å²) in [5.74, 6) is 0.373.